The van der Waals surface area contributed by atoms with Crippen LogP contribution in [0.5, 0.6) is 0 Å². The van der Waals surface area contributed by atoms with Crippen molar-refractivity contribution in [3.63, 3.8) is 0 Å². The zero-order chi connectivity index (χ0) is 18.2. The summed E-state index contributed by atoms with van der Waals surface area (Å²) in [4.78, 5) is 12.7. The van der Waals surface area contributed by atoms with Crippen molar-refractivity contribution in [1.29, 1.82) is 0 Å². The summed E-state index contributed by atoms with van der Waals surface area (Å²) in [6.45, 7) is 4.45. The van der Waals surface area contributed by atoms with Gasteiger partial charge >= 0.3 is 0 Å². The van der Waals surface area contributed by atoms with Gasteiger partial charge in [0.05, 0.1) is 5.52 Å². The molecule has 0 aliphatic heterocycles. The first-order valence-corrected chi connectivity index (χ1v) is 8.43. The van der Waals surface area contributed by atoms with Crippen molar-refractivity contribution in [3.8, 4) is 0 Å². The SMILES string of the molecule is Cn1nc(C(=O)NCC(C)(C)c2cc(N)ccc2Cl)c2ccccc21. The topological polar surface area (TPSA) is 72.9 Å². The first kappa shape index (κ1) is 17.3. The Morgan fingerprint density at radius 1 is 1.28 bits per heavy atom. The molecule has 0 bridgehead atoms. The number of anilines is 1. The molecule has 0 saturated heterocycles. The first-order chi connectivity index (χ1) is 11.8. The monoisotopic (exact) mass is 356 g/mol. The summed E-state index contributed by atoms with van der Waals surface area (Å²) in [5.74, 6) is -0.204. The molecule has 0 radical (unpaired) electrons. The van der Waals surface area contributed by atoms with E-state index in [0.29, 0.717) is 22.9 Å². The van der Waals surface area contributed by atoms with Crippen LogP contribution >= 0.6 is 11.6 Å². The van der Waals surface area contributed by atoms with Crippen molar-refractivity contribution in [2.45, 2.75) is 19.3 Å². The second-order valence-corrected chi connectivity index (χ2v) is 7.20. The zero-order valence-electron chi connectivity index (χ0n) is 14.5. The Morgan fingerprint density at radius 2 is 2.00 bits per heavy atom. The van der Waals surface area contributed by atoms with Gasteiger partial charge in [0.15, 0.2) is 5.69 Å². The van der Waals surface area contributed by atoms with Gasteiger partial charge in [0, 0.05) is 35.1 Å². The zero-order valence-corrected chi connectivity index (χ0v) is 15.3. The second kappa shape index (κ2) is 6.41. The number of nitrogen functional groups attached to an aromatic ring is 1. The average molecular weight is 357 g/mol. The van der Waals surface area contributed by atoms with Gasteiger partial charge in [0.25, 0.3) is 5.91 Å². The van der Waals surface area contributed by atoms with Gasteiger partial charge < -0.3 is 11.1 Å². The molecule has 3 aromatic rings. The van der Waals surface area contributed by atoms with Gasteiger partial charge in [-0.25, -0.2) is 0 Å². The molecule has 6 heteroatoms. The van der Waals surface area contributed by atoms with Crippen molar-refractivity contribution >= 4 is 34.1 Å². The maximum atomic E-state index is 12.7. The third-order valence-electron chi connectivity index (χ3n) is 4.38. The van der Waals surface area contributed by atoms with Gasteiger partial charge in [-0.05, 0) is 29.8 Å². The van der Waals surface area contributed by atoms with Crippen molar-refractivity contribution in [3.05, 3.63) is 58.7 Å². The number of aromatic nitrogens is 2. The maximum Gasteiger partial charge on any atom is 0.272 e. The molecule has 1 amide bonds. The fourth-order valence-corrected chi connectivity index (χ4v) is 3.30. The van der Waals surface area contributed by atoms with Crippen molar-refractivity contribution in [2.75, 3.05) is 12.3 Å². The third-order valence-corrected chi connectivity index (χ3v) is 4.71. The van der Waals surface area contributed by atoms with Crippen LogP contribution in [-0.4, -0.2) is 22.2 Å². The molecule has 1 aromatic heterocycles. The number of nitrogens with one attached hydrogen (secondary N) is 1. The molecule has 0 unspecified atom stereocenters. The normalized spacial score (nSPS) is 11.7. The Bertz CT molecular complexity index is 946. The highest BCUT2D eigenvalue weighted by atomic mass is 35.5. The minimum Gasteiger partial charge on any atom is -0.399 e. The summed E-state index contributed by atoms with van der Waals surface area (Å²) in [5.41, 5.74) is 8.41. The number of halogens is 1. The van der Waals surface area contributed by atoms with Gasteiger partial charge in [0.1, 0.15) is 0 Å². The lowest BCUT2D eigenvalue weighted by Gasteiger charge is -2.27. The molecule has 0 atom stereocenters. The molecule has 1 heterocycles. The number of fused-ring (bicyclic) bond motifs is 1. The molecule has 3 rings (SSSR count). The minimum absolute atomic E-state index is 0.204. The second-order valence-electron chi connectivity index (χ2n) is 6.80. The Kier molecular flexibility index (Phi) is 4.43. The van der Waals surface area contributed by atoms with Crippen molar-refractivity contribution < 1.29 is 4.79 Å². The van der Waals surface area contributed by atoms with Crippen LogP contribution in [0.1, 0.15) is 29.9 Å². The number of amides is 1. The molecule has 0 saturated carbocycles. The van der Waals surface area contributed by atoms with Crippen LogP contribution in [0.2, 0.25) is 5.02 Å². The number of aryl methyl sites for hydroxylation is 1. The summed E-state index contributed by atoms with van der Waals surface area (Å²) in [5, 5.41) is 8.80. The molecule has 0 fully saturated rings. The number of nitrogens with two attached hydrogens (primary N) is 1. The quantitative estimate of drug-likeness (QED) is 0.702. The van der Waals surface area contributed by atoms with Gasteiger partial charge in [-0.1, -0.05) is 43.6 Å². The molecular formula is C19H21ClN4O. The summed E-state index contributed by atoms with van der Waals surface area (Å²) >= 11 is 6.31. The lowest BCUT2D eigenvalue weighted by atomic mass is 9.84. The van der Waals surface area contributed by atoms with E-state index in [4.69, 9.17) is 17.3 Å². The summed E-state index contributed by atoms with van der Waals surface area (Å²) in [6, 6.07) is 13.1. The first-order valence-electron chi connectivity index (χ1n) is 8.05. The average Bonchev–Trinajstić information content (AvgIpc) is 2.92. The van der Waals surface area contributed by atoms with Crippen LogP contribution in [0.25, 0.3) is 10.9 Å². The summed E-state index contributed by atoms with van der Waals surface area (Å²) in [7, 11) is 1.83. The van der Waals surface area contributed by atoms with Crippen LogP contribution in [0.3, 0.4) is 0 Å². The van der Waals surface area contributed by atoms with E-state index in [2.05, 4.69) is 10.4 Å². The van der Waals surface area contributed by atoms with E-state index in [1.165, 1.54) is 0 Å². The molecular weight excluding hydrogens is 336 g/mol. The largest absolute Gasteiger partial charge is 0.399 e. The fourth-order valence-electron chi connectivity index (χ4n) is 2.92. The number of carbonyl (C=O) groups excluding carboxylic acids is 1. The highest BCUT2D eigenvalue weighted by Gasteiger charge is 2.25. The molecule has 0 spiro atoms. The molecule has 3 N–H and O–H groups in total. The van der Waals surface area contributed by atoms with Crippen LogP contribution in [0.4, 0.5) is 5.69 Å². The van der Waals surface area contributed by atoms with Crippen molar-refractivity contribution in [1.82, 2.24) is 15.1 Å². The Labute approximate surface area is 151 Å². The van der Waals surface area contributed by atoms with Crippen LogP contribution in [0, 0.1) is 0 Å². The van der Waals surface area contributed by atoms with E-state index in [0.717, 1.165) is 16.5 Å². The predicted molar refractivity (Wildman–Crippen MR) is 102 cm³/mol. The Morgan fingerprint density at radius 3 is 2.76 bits per heavy atom. The number of benzene rings is 2. The fraction of sp³-hybridized carbons (Fsp3) is 0.263. The molecule has 25 heavy (non-hydrogen) atoms. The van der Waals surface area contributed by atoms with E-state index in [1.54, 1.807) is 16.8 Å². The minimum atomic E-state index is -0.368. The third kappa shape index (κ3) is 3.33. The molecule has 0 aliphatic carbocycles. The molecule has 0 aliphatic rings. The van der Waals surface area contributed by atoms with Crippen LogP contribution < -0.4 is 11.1 Å². The van der Waals surface area contributed by atoms with Crippen LogP contribution in [0.15, 0.2) is 42.5 Å². The van der Waals surface area contributed by atoms with Crippen molar-refractivity contribution in [2.24, 2.45) is 7.05 Å². The number of nitrogens with zero attached hydrogens (tertiary/aromatic N) is 2. The van der Waals surface area contributed by atoms with E-state index in [9.17, 15) is 4.79 Å². The molecule has 130 valence electrons. The smallest absolute Gasteiger partial charge is 0.272 e. The van der Waals surface area contributed by atoms with E-state index in [1.807, 2.05) is 51.2 Å². The number of rotatable bonds is 4. The highest BCUT2D eigenvalue weighted by Crippen LogP contribution is 2.31. The predicted octanol–water partition coefficient (Wildman–Crippen LogP) is 3.52. The Hall–Kier alpha value is -2.53. The number of para-hydroxylation sites is 1. The Balaban J connectivity index is 1.82. The maximum absolute atomic E-state index is 12.7. The lowest BCUT2D eigenvalue weighted by Crippen LogP contribution is -2.37. The van der Waals surface area contributed by atoms with Gasteiger partial charge in [-0.2, -0.15) is 5.10 Å². The molecule has 2 aromatic carbocycles. The van der Waals surface area contributed by atoms with E-state index in [-0.39, 0.29) is 11.3 Å². The van der Waals surface area contributed by atoms with Gasteiger partial charge in [0.2, 0.25) is 0 Å². The van der Waals surface area contributed by atoms with Gasteiger partial charge in [-0.3, -0.25) is 9.48 Å². The summed E-state index contributed by atoms with van der Waals surface area (Å²) in [6.07, 6.45) is 0. The standard InChI is InChI=1S/C19H21ClN4O/c1-19(2,14-10-12(21)8-9-15(14)20)11-22-18(25)17-13-6-4-5-7-16(13)24(3)23-17/h4-10H,11,21H2,1-3H3,(H,22,25). The van der Waals surface area contributed by atoms with E-state index < -0.39 is 0 Å². The highest BCUT2D eigenvalue weighted by molar-refractivity contribution is 6.31. The van der Waals surface area contributed by atoms with Gasteiger partial charge in [-0.15, -0.1) is 0 Å². The lowest BCUT2D eigenvalue weighted by molar-refractivity contribution is 0.0941. The molecule has 5 nitrogen and oxygen atoms in total. The number of hydrogen-bond acceptors (Lipinski definition) is 3. The van der Waals surface area contributed by atoms with Crippen LogP contribution in [-0.2, 0) is 12.5 Å². The number of hydrogen-bond donors (Lipinski definition) is 2. The van der Waals surface area contributed by atoms with E-state index >= 15 is 0 Å². The number of carbonyl (C=O) groups is 1. The summed E-state index contributed by atoms with van der Waals surface area (Å²) < 4.78 is 1.71.